The molecule has 1 amide bonds. The molecule has 0 spiro atoms. The van der Waals surface area contributed by atoms with Gasteiger partial charge < -0.3 is 5.32 Å². The second-order valence-electron chi connectivity index (χ2n) is 6.26. The first-order chi connectivity index (χ1) is 13.0. The summed E-state index contributed by atoms with van der Waals surface area (Å²) in [6, 6.07) is 8.54. The Labute approximate surface area is 160 Å². The third-order valence-electron chi connectivity index (χ3n) is 4.20. The normalized spacial score (nSPS) is 10.9. The van der Waals surface area contributed by atoms with Gasteiger partial charge in [-0.2, -0.15) is 0 Å². The highest BCUT2D eigenvalue weighted by molar-refractivity contribution is 7.18. The van der Waals surface area contributed by atoms with Crippen LogP contribution in [-0.2, 0) is 17.8 Å². The summed E-state index contributed by atoms with van der Waals surface area (Å²) in [5.74, 6) is -0.236. The van der Waals surface area contributed by atoms with Crippen LogP contribution in [0.4, 0.5) is 5.69 Å². The molecule has 0 aliphatic heterocycles. The van der Waals surface area contributed by atoms with E-state index in [1.807, 2.05) is 19.9 Å². The Hall–Kier alpha value is -2.80. The van der Waals surface area contributed by atoms with Crippen LogP contribution in [0, 0.1) is 0 Å². The van der Waals surface area contributed by atoms with Gasteiger partial charge in [-0.15, -0.1) is 11.3 Å². The van der Waals surface area contributed by atoms with E-state index < -0.39 is 0 Å². The van der Waals surface area contributed by atoms with Crippen LogP contribution in [-0.4, -0.2) is 21.2 Å². The van der Waals surface area contributed by atoms with E-state index in [0.29, 0.717) is 27.9 Å². The predicted molar refractivity (Wildman–Crippen MR) is 108 cm³/mol. The van der Waals surface area contributed by atoms with Crippen molar-refractivity contribution in [2.75, 3.05) is 5.32 Å². The van der Waals surface area contributed by atoms with Crippen LogP contribution in [0.15, 0.2) is 41.5 Å². The fourth-order valence-corrected chi connectivity index (χ4v) is 3.66. The Morgan fingerprint density at radius 3 is 2.59 bits per heavy atom. The summed E-state index contributed by atoms with van der Waals surface area (Å²) in [7, 11) is 0. The van der Waals surface area contributed by atoms with Gasteiger partial charge in [-0.1, -0.05) is 13.8 Å². The molecular formula is C20H21N3O3S. The molecule has 0 fully saturated rings. The molecule has 1 aromatic carbocycles. The lowest BCUT2D eigenvalue weighted by atomic mass is 10.1. The van der Waals surface area contributed by atoms with Crippen LogP contribution >= 0.6 is 11.3 Å². The topological polar surface area (TPSA) is 81.1 Å². The molecule has 2 aromatic heterocycles. The SMILES string of the molecule is CCCC(=O)Nc1ccc(C(=O)Cn2cnc3sc(CC)cc3c2=O)cc1. The fraction of sp³-hybridized carbons (Fsp3) is 0.300. The number of rotatable bonds is 7. The minimum atomic E-state index is -0.201. The van der Waals surface area contributed by atoms with Gasteiger partial charge in [0.2, 0.25) is 5.91 Å². The lowest BCUT2D eigenvalue weighted by Crippen LogP contribution is -2.24. The van der Waals surface area contributed by atoms with Crippen LogP contribution in [0.3, 0.4) is 0 Å². The summed E-state index contributed by atoms with van der Waals surface area (Å²) in [6.45, 7) is 3.90. The average Bonchev–Trinajstić information content (AvgIpc) is 3.09. The molecule has 1 N–H and O–H groups in total. The zero-order valence-electron chi connectivity index (χ0n) is 15.3. The maximum Gasteiger partial charge on any atom is 0.262 e. The maximum absolute atomic E-state index is 12.6. The van der Waals surface area contributed by atoms with Gasteiger partial charge in [0.15, 0.2) is 5.78 Å². The summed E-state index contributed by atoms with van der Waals surface area (Å²) in [4.78, 5) is 42.8. The Morgan fingerprint density at radius 2 is 1.93 bits per heavy atom. The number of hydrogen-bond donors (Lipinski definition) is 1. The second-order valence-corrected chi connectivity index (χ2v) is 7.38. The quantitative estimate of drug-likeness (QED) is 0.632. The number of carbonyl (C=O) groups excluding carboxylic acids is 2. The molecule has 0 aliphatic rings. The molecule has 0 saturated carbocycles. The molecule has 6 nitrogen and oxygen atoms in total. The number of nitrogens with zero attached hydrogens (tertiary/aromatic N) is 2. The maximum atomic E-state index is 12.6. The predicted octanol–water partition coefficient (Wildman–Crippen LogP) is 3.64. The Kier molecular flexibility index (Phi) is 5.81. The summed E-state index contributed by atoms with van der Waals surface area (Å²) in [5.41, 5.74) is 0.929. The molecule has 0 saturated heterocycles. The van der Waals surface area contributed by atoms with Crippen LogP contribution in [0.5, 0.6) is 0 Å². The number of hydrogen-bond acceptors (Lipinski definition) is 5. The zero-order chi connectivity index (χ0) is 19.4. The van der Waals surface area contributed by atoms with E-state index in [9.17, 15) is 14.4 Å². The molecule has 27 heavy (non-hydrogen) atoms. The zero-order valence-corrected chi connectivity index (χ0v) is 16.1. The Morgan fingerprint density at radius 1 is 1.19 bits per heavy atom. The van der Waals surface area contributed by atoms with Crippen molar-refractivity contribution in [3.8, 4) is 0 Å². The first-order valence-electron chi connectivity index (χ1n) is 8.92. The van der Waals surface area contributed by atoms with Gasteiger partial charge in [0.1, 0.15) is 4.83 Å². The lowest BCUT2D eigenvalue weighted by molar-refractivity contribution is -0.116. The number of thiophene rings is 1. The van der Waals surface area contributed by atoms with Crippen LogP contribution in [0.1, 0.15) is 41.9 Å². The van der Waals surface area contributed by atoms with Crippen molar-refractivity contribution in [3.63, 3.8) is 0 Å². The van der Waals surface area contributed by atoms with Crippen LogP contribution in [0.2, 0.25) is 0 Å². The third kappa shape index (κ3) is 4.31. The largest absolute Gasteiger partial charge is 0.326 e. The first kappa shape index (κ1) is 19.0. The molecule has 7 heteroatoms. The number of Topliss-reactive ketones (excluding diaryl/α,β-unsaturated/α-hetero) is 1. The van der Waals surface area contributed by atoms with Crippen molar-refractivity contribution >= 4 is 38.9 Å². The van der Waals surface area contributed by atoms with Gasteiger partial charge in [0, 0.05) is 22.5 Å². The summed E-state index contributed by atoms with van der Waals surface area (Å²) >= 11 is 1.50. The number of ketones is 1. The molecule has 0 unspecified atom stereocenters. The molecule has 0 radical (unpaired) electrons. The molecular weight excluding hydrogens is 362 g/mol. The molecule has 0 aliphatic carbocycles. The number of amides is 1. The lowest BCUT2D eigenvalue weighted by Gasteiger charge is -2.07. The van der Waals surface area contributed by atoms with E-state index in [0.717, 1.165) is 17.7 Å². The van der Waals surface area contributed by atoms with E-state index in [-0.39, 0.29) is 23.8 Å². The minimum absolute atomic E-state index is 0.0512. The highest BCUT2D eigenvalue weighted by Gasteiger charge is 2.12. The van der Waals surface area contributed by atoms with E-state index >= 15 is 0 Å². The summed E-state index contributed by atoms with van der Waals surface area (Å²) < 4.78 is 1.34. The third-order valence-corrected chi connectivity index (χ3v) is 5.39. The van der Waals surface area contributed by atoms with Crippen LogP contribution < -0.4 is 10.9 Å². The van der Waals surface area contributed by atoms with Crippen molar-refractivity contribution in [1.29, 1.82) is 0 Å². The average molecular weight is 383 g/mol. The molecule has 3 aromatic rings. The number of carbonyl (C=O) groups is 2. The number of nitrogens with one attached hydrogen (secondary N) is 1. The number of benzene rings is 1. The monoisotopic (exact) mass is 383 g/mol. The van der Waals surface area contributed by atoms with Crippen molar-refractivity contribution in [2.45, 2.75) is 39.7 Å². The van der Waals surface area contributed by atoms with Gasteiger partial charge in [0.25, 0.3) is 5.56 Å². The van der Waals surface area contributed by atoms with Crippen molar-refractivity contribution in [2.24, 2.45) is 0 Å². The Bertz CT molecular complexity index is 1030. The van der Waals surface area contributed by atoms with Crippen molar-refractivity contribution < 1.29 is 9.59 Å². The minimum Gasteiger partial charge on any atom is -0.326 e. The standard InChI is InChI=1S/C20H21N3O3S/c1-3-5-18(25)22-14-8-6-13(7-9-14)17(24)11-23-12-21-19-16(20(23)26)10-15(4-2)27-19/h6-10,12H,3-5,11H2,1-2H3,(H,22,25). The summed E-state index contributed by atoms with van der Waals surface area (Å²) in [5, 5.41) is 3.34. The number of aryl methyl sites for hydroxylation is 1. The number of aromatic nitrogens is 2. The highest BCUT2D eigenvalue weighted by atomic mass is 32.1. The van der Waals surface area contributed by atoms with E-state index in [1.54, 1.807) is 24.3 Å². The number of anilines is 1. The molecule has 140 valence electrons. The molecule has 0 bridgehead atoms. The first-order valence-corrected chi connectivity index (χ1v) is 9.74. The number of fused-ring (bicyclic) bond motifs is 1. The fourth-order valence-electron chi connectivity index (χ4n) is 2.73. The van der Waals surface area contributed by atoms with Crippen LogP contribution in [0.25, 0.3) is 10.2 Å². The van der Waals surface area contributed by atoms with E-state index in [1.165, 1.54) is 22.2 Å². The second kappa shape index (κ2) is 8.26. The summed E-state index contributed by atoms with van der Waals surface area (Å²) in [6.07, 6.45) is 3.51. The van der Waals surface area contributed by atoms with Gasteiger partial charge in [0.05, 0.1) is 18.3 Å². The van der Waals surface area contributed by atoms with Gasteiger partial charge in [-0.25, -0.2) is 4.98 Å². The van der Waals surface area contributed by atoms with Crippen molar-refractivity contribution in [1.82, 2.24) is 9.55 Å². The Balaban J connectivity index is 1.75. The molecule has 0 atom stereocenters. The highest BCUT2D eigenvalue weighted by Crippen LogP contribution is 2.21. The van der Waals surface area contributed by atoms with E-state index in [4.69, 9.17) is 0 Å². The van der Waals surface area contributed by atoms with Gasteiger partial charge in [-0.05, 0) is 43.2 Å². The van der Waals surface area contributed by atoms with Gasteiger partial charge >= 0.3 is 0 Å². The molecule has 2 heterocycles. The molecule has 3 rings (SSSR count). The van der Waals surface area contributed by atoms with Gasteiger partial charge in [-0.3, -0.25) is 19.0 Å². The van der Waals surface area contributed by atoms with Crippen molar-refractivity contribution in [3.05, 3.63) is 57.5 Å². The smallest absolute Gasteiger partial charge is 0.262 e. The van der Waals surface area contributed by atoms with E-state index in [2.05, 4.69) is 10.3 Å².